The Hall–Kier alpha value is -1.06. The molecule has 25 heavy (non-hydrogen) atoms. The minimum Gasteiger partial charge on any atom is -0.340 e. The molecule has 2 amide bonds. The van der Waals surface area contributed by atoms with E-state index in [0.717, 1.165) is 83.0 Å². The largest absolute Gasteiger partial charge is 0.340 e. The molecule has 4 saturated carbocycles. The van der Waals surface area contributed by atoms with Crippen molar-refractivity contribution in [1.82, 2.24) is 9.80 Å². The Morgan fingerprint density at radius 3 is 1.36 bits per heavy atom. The van der Waals surface area contributed by atoms with Gasteiger partial charge in [0.25, 0.3) is 0 Å². The SMILES string of the molecule is O=C(N1CCCN(C(=O)C23CCC(CC2)C3)CC1)C12CCC(CC1)C2. The highest BCUT2D eigenvalue weighted by molar-refractivity contribution is 5.85. The molecule has 138 valence electrons. The molecular weight excluding hydrogens is 312 g/mol. The van der Waals surface area contributed by atoms with Crippen LogP contribution in [0.4, 0.5) is 0 Å². The van der Waals surface area contributed by atoms with Crippen molar-refractivity contribution < 1.29 is 9.59 Å². The minimum atomic E-state index is -0.0212. The molecule has 1 heterocycles. The van der Waals surface area contributed by atoms with Crippen LogP contribution in [0.15, 0.2) is 0 Å². The summed E-state index contributed by atoms with van der Waals surface area (Å²) in [6.45, 7) is 3.22. The minimum absolute atomic E-state index is 0.0212. The molecule has 1 saturated heterocycles. The second-order valence-corrected chi connectivity index (χ2v) is 9.79. The van der Waals surface area contributed by atoms with Gasteiger partial charge in [0.1, 0.15) is 0 Å². The van der Waals surface area contributed by atoms with Gasteiger partial charge in [-0.15, -0.1) is 0 Å². The molecule has 5 rings (SSSR count). The van der Waals surface area contributed by atoms with E-state index in [9.17, 15) is 9.59 Å². The zero-order valence-corrected chi connectivity index (χ0v) is 15.5. The number of nitrogens with zero attached hydrogens (tertiary/aromatic N) is 2. The van der Waals surface area contributed by atoms with Crippen LogP contribution in [0, 0.1) is 22.7 Å². The molecule has 0 spiro atoms. The van der Waals surface area contributed by atoms with E-state index in [0.29, 0.717) is 11.8 Å². The second-order valence-electron chi connectivity index (χ2n) is 9.79. The van der Waals surface area contributed by atoms with Gasteiger partial charge in [-0.2, -0.15) is 0 Å². The molecule has 0 aromatic heterocycles. The zero-order valence-electron chi connectivity index (χ0n) is 15.5. The van der Waals surface area contributed by atoms with E-state index in [1.54, 1.807) is 0 Å². The first-order valence-corrected chi connectivity index (χ1v) is 10.7. The molecule has 4 nitrogen and oxygen atoms in total. The van der Waals surface area contributed by atoms with Crippen molar-refractivity contribution in [2.45, 2.75) is 70.6 Å². The molecule has 4 aliphatic carbocycles. The van der Waals surface area contributed by atoms with Gasteiger partial charge in [-0.3, -0.25) is 9.59 Å². The first kappa shape index (κ1) is 16.1. The summed E-state index contributed by atoms with van der Waals surface area (Å²) in [7, 11) is 0. The molecule has 4 bridgehead atoms. The van der Waals surface area contributed by atoms with Crippen LogP contribution in [0.1, 0.15) is 70.6 Å². The number of carbonyl (C=O) groups excluding carboxylic acids is 2. The monoisotopic (exact) mass is 344 g/mol. The molecule has 4 heteroatoms. The first-order chi connectivity index (χ1) is 12.1. The summed E-state index contributed by atoms with van der Waals surface area (Å²) in [5.41, 5.74) is -0.0423. The Balaban J connectivity index is 1.25. The van der Waals surface area contributed by atoms with Gasteiger partial charge in [0, 0.05) is 37.0 Å². The number of fused-ring (bicyclic) bond motifs is 4. The highest BCUT2D eigenvalue weighted by Crippen LogP contribution is 2.56. The average Bonchev–Trinajstić information content (AvgIpc) is 3.39. The maximum absolute atomic E-state index is 13.2. The molecule has 0 N–H and O–H groups in total. The van der Waals surface area contributed by atoms with E-state index in [-0.39, 0.29) is 10.8 Å². The molecule has 5 aliphatic rings. The van der Waals surface area contributed by atoms with Gasteiger partial charge in [0.15, 0.2) is 0 Å². The highest BCUT2D eigenvalue weighted by Gasteiger charge is 2.53. The van der Waals surface area contributed by atoms with Crippen LogP contribution in [0.5, 0.6) is 0 Å². The lowest BCUT2D eigenvalue weighted by Gasteiger charge is -2.34. The lowest BCUT2D eigenvalue weighted by atomic mass is 9.82. The molecule has 0 aromatic rings. The van der Waals surface area contributed by atoms with Crippen LogP contribution in [-0.2, 0) is 9.59 Å². The number of rotatable bonds is 2. The van der Waals surface area contributed by atoms with Crippen molar-refractivity contribution in [3.8, 4) is 0 Å². The van der Waals surface area contributed by atoms with Crippen molar-refractivity contribution in [3.05, 3.63) is 0 Å². The predicted octanol–water partition coefficient (Wildman–Crippen LogP) is 3.21. The van der Waals surface area contributed by atoms with Crippen molar-refractivity contribution in [2.75, 3.05) is 26.2 Å². The van der Waals surface area contributed by atoms with Gasteiger partial charge in [0.05, 0.1) is 0 Å². The third-order valence-corrected chi connectivity index (χ3v) is 8.46. The zero-order chi connectivity index (χ0) is 17.1. The second kappa shape index (κ2) is 5.72. The van der Waals surface area contributed by atoms with E-state index >= 15 is 0 Å². The van der Waals surface area contributed by atoms with E-state index in [2.05, 4.69) is 9.80 Å². The Labute approximate surface area is 151 Å². The average molecular weight is 344 g/mol. The summed E-state index contributed by atoms with van der Waals surface area (Å²) in [4.78, 5) is 30.7. The maximum Gasteiger partial charge on any atom is 0.228 e. The highest BCUT2D eigenvalue weighted by atomic mass is 16.2. The Kier molecular flexibility index (Phi) is 3.69. The molecule has 0 aromatic carbocycles. The van der Waals surface area contributed by atoms with Crippen LogP contribution in [0.25, 0.3) is 0 Å². The van der Waals surface area contributed by atoms with Crippen molar-refractivity contribution in [3.63, 3.8) is 0 Å². The first-order valence-electron chi connectivity index (χ1n) is 10.7. The van der Waals surface area contributed by atoms with Gasteiger partial charge in [-0.05, 0) is 82.5 Å². The fourth-order valence-electron chi connectivity index (χ4n) is 6.98. The summed E-state index contributed by atoms with van der Waals surface area (Å²) in [5, 5.41) is 0. The van der Waals surface area contributed by atoms with Gasteiger partial charge in [-0.25, -0.2) is 0 Å². The van der Waals surface area contributed by atoms with Crippen LogP contribution >= 0.6 is 0 Å². The molecule has 5 fully saturated rings. The molecular formula is C21H32N2O2. The lowest BCUT2D eigenvalue weighted by Crippen LogP contribution is -2.46. The number of hydrogen-bond donors (Lipinski definition) is 0. The van der Waals surface area contributed by atoms with Crippen molar-refractivity contribution >= 4 is 11.8 Å². The van der Waals surface area contributed by atoms with Gasteiger partial charge in [-0.1, -0.05) is 0 Å². The normalized spacial score (nSPS) is 42.9. The molecule has 1 aliphatic heterocycles. The van der Waals surface area contributed by atoms with Crippen molar-refractivity contribution in [2.24, 2.45) is 22.7 Å². The molecule has 0 atom stereocenters. The Morgan fingerprint density at radius 2 is 1.04 bits per heavy atom. The topological polar surface area (TPSA) is 40.6 Å². The quantitative estimate of drug-likeness (QED) is 0.772. The van der Waals surface area contributed by atoms with Crippen molar-refractivity contribution in [1.29, 1.82) is 0 Å². The van der Waals surface area contributed by atoms with Gasteiger partial charge in [0.2, 0.25) is 11.8 Å². The van der Waals surface area contributed by atoms with Crippen LogP contribution in [0.3, 0.4) is 0 Å². The summed E-state index contributed by atoms with van der Waals surface area (Å²) in [5.74, 6) is 2.46. The third kappa shape index (κ3) is 2.46. The summed E-state index contributed by atoms with van der Waals surface area (Å²) < 4.78 is 0. The lowest BCUT2D eigenvalue weighted by molar-refractivity contribution is -0.144. The van der Waals surface area contributed by atoms with E-state index in [1.165, 1.54) is 25.7 Å². The maximum atomic E-state index is 13.2. The van der Waals surface area contributed by atoms with Crippen LogP contribution in [0.2, 0.25) is 0 Å². The van der Waals surface area contributed by atoms with Crippen LogP contribution < -0.4 is 0 Å². The third-order valence-electron chi connectivity index (χ3n) is 8.46. The standard InChI is InChI=1S/C21H32N2O2/c24-18(20-6-2-16(14-20)3-7-20)22-10-1-11-23(13-12-22)19(25)21-8-4-17(15-21)5-9-21/h16-17H,1-15H2. The summed E-state index contributed by atoms with van der Waals surface area (Å²) in [6.07, 6.45) is 12.7. The van der Waals surface area contributed by atoms with E-state index in [1.807, 2.05) is 0 Å². The Bertz CT molecular complexity index is 520. The smallest absolute Gasteiger partial charge is 0.228 e. The fourth-order valence-corrected chi connectivity index (χ4v) is 6.98. The number of carbonyl (C=O) groups is 2. The summed E-state index contributed by atoms with van der Waals surface area (Å²) in [6, 6.07) is 0. The molecule has 0 unspecified atom stereocenters. The van der Waals surface area contributed by atoms with E-state index < -0.39 is 0 Å². The fraction of sp³-hybridized carbons (Fsp3) is 0.905. The predicted molar refractivity (Wildman–Crippen MR) is 95.8 cm³/mol. The van der Waals surface area contributed by atoms with Crippen LogP contribution in [-0.4, -0.2) is 47.8 Å². The van der Waals surface area contributed by atoms with E-state index in [4.69, 9.17) is 0 Å². The molecule has 0 radical (unpaired) electrons. The van der Waals surface area contributed by atoms with Gasteiger partial charge >= 0.3 is 0 Å². The Morgan fingerprint density at radius 1 is 0.640 bits per heavy atom. The van der Waals surface area contributed by atoms with Gasteiger partial charge < -0.3 is 9.80 Å². The number of amides is 2. The summed E-state index contributed by atoms with van der Waals surface area (Å²) >= 11 is 0. The number of hydrogen-bond acceptors (Lipinski definition) is 2.